The summed E-state index contributed by atoms with van der Waals surface area (Å²) >= 11 is 0. The summed E-state index contributed by atoms with van der Waals surface area (Å²) in [5, 5.41) is 12.3. The molecule has 7 nitrogen and oxygen atoms in total. The first-order chi connectivity index (χ1) is 11.5. The molecular formula is C17H11N3O4. The topological polar surface area (TPSA) is 118 Å². The summed E-state index contributed by atoms with van der Waals surface area (Å²) in [4.78, 5) is 25.5. The lowest BCUT2D eigenvalue weighted by atomic mass is 9.69. The van der Waals surface area contributed by atoms with Crippen LogP contribution in [-0.2, 0) is 10.2 Å². The molecule has 1 atom stereocenters. The summed E-state index contributed by atoms with van der Waals surface area (Å²) in [5.41, 5.74) is 4.30. The molecule has 0 saturated carbocycles. The fourth-order valence-corrected chi connectivity index (χ4v) is 3.37. The number of ether oxygens (including phenoxy) is 1. The molecule has 7 heteroatoms. The van der Waals surface area contributed by atoms with Gasteiger partial charge < -0.3 is 20.2 Å². The zero-order chi connectivity index (χ0) is 17.1. The van der Waals surface area contributed by atoms with Crippen molar-refractivity contribution in [1.82, 2.24) is 0 Å². The molecular weight excluding hydrogens is 310 g/mol. The van der Waals surface area contributed by atoms with Crippen molar-refractivity contribution in [1.29, 1.82) is 5.26 Å². The van der Waals surface area contributed by atoms with E-state index in [-0.39, 0.29) is 22.8 Å². The van der Waals surface area contributed by atoms with Gasteiger partial charge in [-0.3, -0.25) is 4.79 Å². The van der Waals surface area contributed by atoms with Crippen LogP contribution in [-0.4, -0.2) is 5.91 Å². The van der Waals surface area contributed by atoms with E-state index < -0.39 is 16.9 Å². The summed E-state index contributed by atoms with van der Waals surface area (Å²) in [6.45, 7) is 1.58. The van der Waals surface area contributed by atoms with E-state index in [2.05, 4.69) is 5.32 Å². The molecule has 3 N–H and O–H groups in total. The molecule has 3 heterocycles. The number of hydrogen-bond acceptors (Lipinski definition) is 6. The Balaban J connectivity index is 2.22. The molecule has 24 heavy (non-hydrogen) atoms. The number of nitriles is 1. The van der Waals surface area contributed by atoms with Gasteiger partial charge in [-0.15, -0.1) is 0 Å². The Morgan fingerprint density at radius 3 is 2.79 bits per heavy atom. The van der Waals surface area contributed by atoms with E-state index >= 15 is 0 Å². The van der Waals surface area contributed by atoms with Crippen LogP contribution in [0.5, 0.6) is 5.75 Å². The van der Waals surface area contributed by atoms with Crippen molar-refractivity contribution in [2.45, 2.75) is 12.3 Å². The molecule has 1 amide bonds. The molecule has 2 aliphatic heterocycles. The quantitative estimate of drug-likeness (QED) is 0.754. The van der Waals surface area contributed by atoms with E-state index in [9.17, 15) is 14.9 Å². The number of benzene rings is 1. The van der Waals surface area contributed by atoms with Crippen LogP contribution in [0.3, 0.4) is 0 Å². The van der Waals surface area contributed by atoms with E-state index in [1.165, 1.54) is 6.07 Å². The van der Waals surface area contributed by atoms with Gasteiger partial charge in [0, 0.05) is 17.3 Å². The molecule has 118 valence electrons. The Morgan fingerprint density at radius 2 is 2.04 bits per heavy atom. The minimum atomic E-state index is -1.67. The van der Waals surface area contributed by atoms with Crippen LogP contribution in [0.1, 0.15) is 16.9 Å². The van der Waals surface area contributed by atoms with Crippen molar-refractivity contribution in [2.24, 2.45) is 5.73 Å². The molecule has 4 rings (SSSR count). The number of anilines is 1. The number of para-hydroxylation sites is 1. The standard InChI is InChI=1S/C17H11N3O4/c1-8-6-12-13(15(21)23-8)17(10(7-18)14(19)24-12)9-4-2-3-5-11(9)20-16(17)22/h2-6H,19H2,1H3,(H,20,22). The summed E-state index contributed by atoms with van der Waals surface area (Å²) in [5.74, 6) is -0.313. The van der Waals surface area contributed by atoms with Crippen molar-refractivity contribution in [2.75, 3.05) is 5.32 Å². The van der Waals surface area contributed by atoms with Gasteiger partial charge in [-0.05, 0) is 13.0 Å². The van der Waals surface area contributed by atoms with Crippen LogP contribution < -0.4 is 21.4 Å². The molecule has 1 spiro atoms. The molecule has 2 aliphatic rings. The normalized spacial score (nSPS) is 20.9. The van der Waals surface area contributed by atoms with Gasteiger partial charge in [-0.2, -0.15) is 5.26 Å². The van der Waals surface area contributed by atoms with Gasteiger partial charge in [0.1, 0.15) is 28.7 Å². The van der Waals surface area contributed by atoms with Crippen molar-refractivity contribution in [3.63, 3.8) is 0 Å². The van der Waals surface area contributed by atoms with Gasteiger partial charge in [-0.1, -0.05) is 18.2 Å². The number of carbonyl (C=O) groups is 1. The van der Waals surface area contributed by atoms with Gasteiger partial charge in [0.05, 0.1) is 0 Å². The lowest BCUT2D eigenvalue weighted by Gasteiger charge is -2.32. The maximum absolute atomic E-state index is 12.9. The third-order valence-corrected chi connectivity index (χ3v) is 4.29. The Bertz CT molecular complexity index is 1040. The second kappa shape index (κ2) is 4.49. The third-order valence-electron chi connectivity index (χ3n) is 4.29. The largest absolute Gasteiger partial charge is 0.440 e. The van der Waals surface area contributed by atoms with E-state index in [0.29, 0.717) is 17.0 Å². The van der Waals surface area contributed by atoms with E-state index in [4.69, 9.17) is 14.9 Å². The number of fused-ring (bicyclic) bond motifs is 4. The number of nitrogens with zero attached hydrogens (tertiary/aromatic N) is 1. The minimum absolute atomic E-state index is 0.0405. The highest BCUT2D eigenvalue weighted by atomic mass is 16.5. The highest BCUT2D eigenvalue weighted by Crippen LogP contribution is 2.51. The predicted octanol–water partition coefficient (Wildman–Crippen LogP) is 1.27. The first kappa shape index (κ1) is 14.1. The van der Waals surface area contributed by atoms with E-state index in [1.54, 1.807) is 31.2 Å². The van der Waals surface area contributed by atoms with Crippen LogP contribution in [0.15, 0.2) is 51.0 Å². The molecule has 0 saturated heterocycles. The second-order valence-electron chi connectivity index (χ2n) is 5.59. The minimum Gasteiger partial charge on any atom is -0.440 e. The zero-order valence-corrected chi connectivity index (χ0v) is 12.5. The molecule has 0 bridgehead atoms. The van der Waals surface area contributed by atoms with Crippen LogP contribution in [0.4, 0.5) is 5.69 Å². The maximum Gasteiger partial charge on any atom is 0.344 e. The highest BCUT2D eigenvalue weighted by molar-refractivity contribution is 6.12. The summed E-state index contributed by atoms with van der Waals surface area (Å²) in [6.07, 6.45) is 0. The second-order valence-corrected chi connectivity index (χ2v) is 5.59. The fraction of sp³-hybridized carbons (Fsp3) is 0.118. The van der Waals surface area contributed by atoms with Gasteiger partial charge in [0.25, 0.3) is 0 Å². The monoisotopic (exact) mass is 321 g/mol. The lowest BCUT2D eigenvalue weighted by Crippen LogP contribution is -2.45. The molecule has 1 unspecified atom stereocenters. The smallest absolute Gasteiger partial charge is 0.344 e. The molecule has 0 radical (unpaired) electrons. The van der Waals surface area contributed by atoms with Gasteiger partial charge in [0.2, 0.25) is 11.8 Å². The fourth-order valence-electron chi connectivity index (χ4n) is 3.37. The van der Waals surface area contributed by atoms with Crippen LogP contribution in [0, 0.1) is 18.3 Å². The van der Waals surface area contributed by atoms with Crippen LogP contribution >= 0.6 is 0 Å². The van der Waals surface area contributed by atoms with Crippen LogP contribution in [0.25, 0.3) is 0 Å². The number of amides is 1. The number of aryl methyl sites for hydroxylation is 1. The van der Waals surface area contributed by atoms with Crippen LogP contribution in [0.2, 0.25) is 0 Å². The lowest BCUT2D eigenvalue weighted by molar-refractivity contribution is -0.118. The highest BCUT2D eigenvalue weighted by Gasteiger charge is 2.58. The number of rotatable bonds is 0. The third kappa shape index (κ3) is 1.49. The van der Waals surface area contributed by atoms with Gasteiger partial charge >= 0.3 is 5.63 Å². The molecule has 2 aromatic rings. The number of carbonyl (C=O) groups excluding carboxylic acids is 1. The average molecular weight is 321 g/mol. The molecule has 0 fully saturated rings. The predicted molar refractivity (Wildman–Crippen MR) is 83.0 cm³/mol. The van der Waals surface area contributed by atoms with Gasteiger partial charge in [0.15, 0.2) is 5.41 Å². The van der Waals surface area contributed by atoms with Crippen molar-refractivity contribution < 1.29 is 13.9 Å². The van der Waals surface area contributed by atoms with Gasteiger partial charge in [-0.25, -0.2) is 4.79 Å². The summed E-state index contributed by atoms with van der Waals surface area (Å²) in [7, 11) is 0. The Morgan fingerprint density at radius 1 is 1.29 bits per heavy atom. The van der Waals surface area contributed by atoms with E-state index in [0.717, 1.165) is 0 Å². The van der Waals surface area contributed by atoms with Crippen molar-refractivity contribution in [3.8, 4) is 11.8 Å². The number of nitrogens with two attached hydrogens (primary N) is 1. The average Bonchev–Trinajstić information content (AvgIpc) is 2.80. The first-order valence-electron chi connectivity index (χ1n) is 7.14. The summed E-state index contributed by atoms with van der Waals surface area (Å²) < 4.78 is 10.6. The Kier molecular flexibility index (Phi) is 2.63. The number of hydrogen-bond donors (Lipinski definition) is 2. The molecule has 1 aromatic heterocycles. The Hall–Kier alpha value is -3.53. The first-order valence-corrected chi connectivity index (χ1v) is 7.14. The number of nitrogens with one attached hydrogen (secondary N) is 1. The van der Waals surface area contributed by atoms with Crippen molar-refractivity contribution >= 4 is 11.6 Å². The Labute approximate surface area is 136 Å². The van der Waals surface area contributed by atoms with Crippen molar-refractivity contribution in [3.05, 3.63) is 69.1 Å². The van der Waals surface area contributed by atoms with E-state index in [1.807, 2.05) is 6.07 Å². The maximum atomic E-state index is 12.9. The molecule has 1 aromatic carbocycles. The summed E-state index contributed by atoms with van der Waals surface area (Å²) in [6, 6.07) is 10.2. The zero-order valence-electron chi connectivity index (χ0n) is 12.5. The molecule has 0 aliphatic carbocycles. The SMILES string of the molecule is Cc1cc2c(c(=O)o1)C1(C(=O)Nc3ccccc31)C(C#N)=C(N)O2.